The van der Waals surface area contributed by atoms with Crippen LogP contribution >= 0.6 is 0 Å². The molecule has 1 aromatic carbocycles. The Morgan fingerprint density at radius 1 is 1.47 bits per heavy atom. The molecule has 0 aliphatic rings. The summed E-state index contributed by atoms with van der Waals surface area (Å²) in [5, 5.41) is 8.84. The quantitative estimate of drug-likeness (QED) is 0.801. The molecule has 1 amide bonds. The first-order valence-corrected chi connectivity index (χ1v) is 5.70. The van der Waals surface area contributed by atoms with Crippen LogP contribution in [0.3, 0.4) is 0 Å². The summed E-state index contributed by atoms with van der Waals surface area (Å²) in [6.07, 6.45) is 0.786. The van der Waals surface area contributed by atoms with Crippen LogP contribution in [0, 0.1) is 16.7 Å². The summed E-state index contributed by atoms with van der Waals surface area (Å²) in [5.41, 5.74) is 0.948. The average molecular weight is 230 g/mol. The van der Waals surface area contributed by atoms with Gasteiger partial charge in [0.1, 0.15) is 0 Å². The first-order valence-electron chi connectivity index (χ1n) is 5.70. The summed E-state index contributed by atoms with van der Waals surface area (Å²) in [4.78, 5) is 13.9. The van der Waals surface area contributed by atoms with Crippen LogP contribution in [0.25, 0.3) is 0 Å². The van der Waals surface area contributed by atoms with Crippen LogP contribution in [0.5, 0.6) is 0 Å². The number of benzene rings is 1. The second kappa shape index (κ2) is 5.01. The van der Waals surface area contributed by atoms with Gasteiger partial charge in [-0.1, -0.05) is 26.8 Å². The van der Waals surface area contributed by atoms with Crippen LogP contribution in [0.2, 0.25) is 0 Å². The third-order valence-corrected chi connectivity index (χ3v) is 3.13. The summed E-state index contributed by atoms with van der Waals surface area (Å²) in [6.45, 7) is 5.86. The molecular weight excluding hydrogens is 212 g/mol. The third kappa shape index (κ3) is 2.85. The lowest BCUT2D eigenvalue weighted by Gasteiger charge is -2.28. The van der Waals surface area contributed by atoms with Gasteiger partial charge in [0.05, 0.1) is 11.6 Å². The molecule has 0 heterocycles. The first kappa shape index (κ1) is 13.2. The minimum absolute atomic E-state index is 0.0649. The Morgan fingerprint density at radius 2 is 2.12 bits per heavy atom. The van der Waals surface area contributed by atoms with E-state index in [0.29, 0.717) is 5.56 Å². The Bertz CT molecular complexity index is 458. The van der Waals surface area contributed by atoms with Gasteiger partial charge < -0.3 is 4.90 Å². The van der Waals surface area contributed by atoms with Crippen molar-refractivity contribution in [2.45, 2.75) is 27.2 Å². The lowest BCUT2D eigenvalue weighted by Crippen LogP contribution is -2.38. The van der Waals surface area contributed by atoms with E-state index in [-0.39, 0.29) is 11.3 Å². The van der Waals surface area contributed by atoms with Crippen LogP contribution < -0.4 is 4.90 Å². The fourth-order valence-electron chi connectivity index (χ4n) is 1.51. The number of nitriles is 1. The third-order valence-electron chi connectivity index (χ3n) is 3.13. The fourth-order valence-corrected chi connectivity index (χ4v) is 1.51. The standard InChI is InChI=1S/C14H18N2O/c1-5-14(2,3)13(17)16(4)12-8-6-7-11(9-12)10-15/h6-9H,5H2,1-4H3. The van der Waals surface area contributed by atoms with Gasteiger partial charge in [-0.15, -0.1) is 0 Å². The lowest BCUT2D eigenvalue weighted by molar-refractivity contribution is -0.126. The second-order valence-corrected chi connectivity index (χ2v) is 4.76. The molecule has 1 rings (SSSR count). The number of rotatable bonds is 3. The molecule has 0 bridgehead atoms. The minimum atomic E-state index is -0.378. The van der Waals surface area contributed by atoms with Crippen LogP contribution in [0.1, 0.15) is 32.8 Å². The largest absolute Gasteiger partial charge is 0.315 e. The van der Waals surface area contributed by atoms with Crippen LogP contribution in [0.15, 0.2) is 24.3 Å². The summed E-state index contributed by atoms with van der Waals surface area (Å²) in [6, 6.07) is 9.16. The number of nitrogens with zero attached hydrogens (tertiary/aromatic N) is 2. The molecule has 0 saturated carbocycles. The second-order valence-electron chi connectivity index (χ2n) is 4.76. The molecule has 3 heteroatoms. The number of carbonyl (C=O) groups excluding carboxylic acids is 1. The molecule has 3 nitrogen and oxygen atoms in total. The van der Waals surface area contributed by atoms with Crippen molar-refractivity contribution in [3.8, 4) is 6.07 Å². The molecule has 0 aliphatic carbocycles. The number of anilines is 1. The van der Waals surface area contributed by atoms with Crippen molar-refractivity contribution in [1.29, 1.82) is 5.26 Å². The van der Waals surface area contributed by atoms with Gasteiger partial charge in [-0.3, -0.25) is 4.79 Å². The number of hydrogen-bond donors (Lipinski definition) is 0. The minimum Gasteiger partial charge on any atom is -0.315 e. The van der Waals surface area contributed by atoms with E-state index in [4.69, 9.17) is 5.26 Å². The van der Waals surface area contributed by atoms with Gasteiger partial charge in [0.25, 0.3) is 0 Å². The van der Waals surface area contributed by atoms with Gasteiger partial charge in [-0.05, 0) is 24.6 Å². The van der Waals surface area contributed by atoms with Gasteiger partial charge in [0.2, 0.25) is 5.91 Å². The van der Waals surface area contributed by atoms with Crippen molar-refractivity contribution in [1.82, 2.24) is 0 Å². The van der Waals surface area contributed by atoms with Crippen molar-refractivity contribution in [3.05, 3.63) is 29.8 Å². The molecular formula is C14H18N2O. The summed E-state index contributed by atoms with van der Waals surface area (Å²) < 4.78 is 0. The predicted molar refractivity (Wildman–Crippen MR) is 68.6 cm³/mol. The van der Waals surface area contributed by atoms with E-state index in [1.54, 1.807) is 30.1 Å². The summed E-state index contributed by atoms with van der Waals surface area (Å²) >= 11 is 0. The van der Waals surface area contributed by atoms with Crippen LogP contribution in [-0.2, 0) is 4.79 Å². The highest BCUT2D eigenvalue weighted by Crippen LogP contribution is 2.26. The summed E-state index contributed by atoms with van der Waals surface area (Å²) in [5.74, 6) is 0.0649. The molecule has 0 aromatic heterocycles. The zero-order valence-corrected chi connectivity index (χ0v) is 10.8. The van der Waals surface area contributed by atoms with Crippen molar-refractivity contribution >= 4 is 11.6 Å². The van der Waals surface area contributed by atoms with Crippen LogP contribution in [-0.4, -0.2) is 13.0 Å². The Kier molecular flexibility index (Phi) is 3.90. The normalized spacial score (nSPS) is 10.8. The highest BCUT2D eigenvalue weighted by Gasteiger charge is 2.29. The lowest BCUT2D eigenvalue weighted by atomic mass is 9.88. The molecule has 0 atom stereocenters. The SMILES string of the molecule is CCC(C)(C)C(=O)N(C)c1cccc(C#N)c1. The Balaban J connectivity index is 3.01. The molecule has 0 unspecified atom stereocenters. The molecule has 0 radical (unpaired) electrons. The molecule has 1 aromatic rings. The monoisotopic (exact) mass is 230 g/mol. The molecule has 17 heavy (non-hydrogen) atoms. The van der Waals surface area contributed by atoms with Crippen molar-refractivity contribution < 1.29 is 4.79 Å². The number of amides is 1. The van der Waals surface area contributed by atoms with Crippen molar-refractivity contribution in [2.24, 2.45) is 5.41 Å². The molecule has 0 saturated heterocycles. The van der Waals surface area contributed by atoms with Crippen molar-refractivity contribution in [3.63, 3.8) is 0 Å². The average Bonchev–Trinajstić information content (AvgIpc) is 2.37. The van der Waals surface area contributed by atoms with Crippen LogP contribution in [0.4, 0.5) is 5.69 Å². The molecule has 0 spiro atoms. The Hall–Kier alpha value is -1.82. The maximum Gasteiger partial charge on any atom is 0.232 e. The number of carbonyl (C=O) groups is 1. The highest BCUT2D eigenvalue weighted by atomic mass is 16.2. The molecule has 90 valence electrons. The molecule has 0 N–H and O–H groups in total. The van der Waals surface area contributed by atoms with Gasteiger partial charge in [0.15, 0.2) is 0 Å². The summed E-state index contributed by atoms with van der Waals surface area (Å²) in [7, 11) is 1.75. The van der Waals surface area contributed by atoms with E-state index >= 15 is 0 Å². The predicted octanol–water partition coefficient (Wildman–Crippen LogP) is 2.96. The smallest absolute Gasteiger partial charge is 0.232 e. The number of hydrogen-bond acceptors (Lipinski definition) is 2. The van der Waals surface area contributed by atoms with E-state index < -0.39 is 0 Å². The Labute approximate surface area is 103 Å². The van der Waals surface area contributed by atoms with E-state index in [0.717, 1.165) is 12.1 Å². The van der Waals surface area contributed by atoms with Gasteiger partial charge >= 0.3 is 0 Å². The van der Waals surface area contributed by atoms with E-state index in [9.17, 15) is 4.79 Å². The zero-order chi connectivity index (χ0) is 13.1. The maximum absolute atomic E-state index is 12.2. The zero-order valence-electron chi connectivity index (χ0n) is 10.8. The molecule has 0 fully saturated rings. The van der Waals surface area contributed by atoms with E-state index in [2.05, 4.69) is 6.07 Å². The first-order chi connectivity index (χ1) is 7.92. The highest BCUT2D eigenvalue weighted by molar-refractivity contribution is 5.96. The fraction of sp³-hybridized carbons (Fsp3) is 0.429. The maximum atomic E-state index is 12.2. The van der Waals surface area contributed by atoms with Crippen molar-refractivity contribution in [2.75, 3.05) is 11.9 Å². The van der Waals surface area contributed by atoms with E-state index in [1.807, 2.05) is 26.8 Å². The Morgan fingerprint density at radius 3 is 2.65 bits per heavy atom. The van der Waals surface area contributed by atoms with Gasteiger partial charge in [-0.2, -0.15) is 5.26 Å². The van der Waals surface area contributed by atoms with Gasteiger partial charge in [-0.25, -0.2) is 0 Å². The molecule has 0 aliphatic heterocycles. The topological polar surface area (TPSA) is 44.1 Å². The van der Waals surface area contributed by atoms with E-state index in [1.165, 1.54) is 0 Å². The van der Waals surface area contributed by atoms with Gasteiger partial charge in [0, 0.05) is 18.2 Å².